The molecule has 42 heavy (non-hydrogen) atoms. The number of fused-ring (bicyclic) bond motifs is 2. The third kappa shape index (κ3) is 7.20. The highest BCUT2D eigenvalue weighted by Gasteiger charge is 2.52. The van der Waals surface area contributed by atoms with E-state index in [-0.39, 0.29) is 68.0 Å². The van der Waals surface area contributed by atoms with Crippen molar-refractivity contribution in [3.63, 3.8) is 0 Å². The average molecular weight is 634 g/mol. The number of alkyl halides is 2. The van der Waals surface area contributed by atoms with Gasteiger partial charge in [-0.25, -0.2) is 8.78 Å². The highest BCUT2D eigenvalue weighted by molar-refractivity contribution is 5.93. The highest BCUT2D eigenvalue weighted by atomic mass is 35.5. The molecule has 8 nitrogen and oxygen atoms in total. The fourth-order valence-electron chi connectivity index (χ4n) is 7.01. The zero-order valence-corrected chi connectivity index (χ0v) is 25.9. The van der Waals surface area contributed by atoms with Crippen LogP contribution in [0.3, 0.4) is 0 Å². The second-order valence-corrected chi connectivity index (χ2v) is 12.3. The van der Waals surface area contributed by atoms with E-state index in [1.807, 2.05) is 38.1 Å². The van der Waals surface area contributed by atoms with Gasteiger partial charge >= 0.3 is 0 Å². The maximum atomic E-state index is 14.5. The molecule has 2 aliphatic heterocycles. The molecule has 4 aliphatic rings. The molecule has 2 heterocycles. The molecule has 2 saturated heterocycles. The van der Waals surface area contributed by atoms with Gasteiger partial charge in [0, 0.05) is 37.9 Å². The zero-order valence-electron chi connectivity index (χ0n) is 24.3. The molecule has 1 saturated carbocycles. The van der Waals surface area contributed by atoms with Gasteiger partial charge in [0.05, 0.1) is 18.7 Å². The van der Waals surface area contributed by atoms with E-state index in [9.17, 15) is 28.3 Å². The third-order valence-corrected chi connectivity index (χ3v) is 9.51. The van der Waals surface area contributed by atoms with E-state index in [0.717, 1.165) is 43.2 Å². The Labute approximate surface area is 259 Å². The summed E-state index contributed by atoms with van der Waals surface area (Å²) in [6.07, 6.45) is 4.42. The molecule has 236 valence electrons. The summed E-state index contributed by atoms with van der Waals surface area (Å²) in [4.78, 5) is 44.2. The Balaban J connectivity index is 0.00000242. The fraction of sp³-hybridized carbons (Fsp3) is 0.700. The molecule has 6 atom stereocenters. The minimum atomic E-state index is -2.89. The normalized spacial score (nSPS) is 28.4. The molecule has 1 aromatic carbocycles. The summed E-state index contributed by atoms with van der Waals surface area (Å²) >= 11 is 0. The number of hydrogen-bond donors (Lipinski definition) is 3. The molecule has 3 N–H and O–H groups in total. The van der Waals surface area contributed by atoms with Crippen molar-refractivity contribution in [1.82, 2.24) is 20.4 Å². The van der Waals surface area contributed by atoms with Crippen LogP contribution in [-0.4, -0.2) is 82.4 Å². The van der Waals surface area contributed by atoms with Crippen molar-refractivity contribution in [2.75, 3.05) is 19.6 Å². The minimum absolute atomic E-state index is 0. The van der Waals surface area contributed by atoms with Crippen LogP contribution in [-0.2, 0) is 20.8 Å². The first kappa shape index (κ1) is 34.5. The summed E-state index contributed by atoms with van der Waals surface area (Å²) in [6, 6.07) is 4.49. The van der Waals surface area contributed by atoms with E-state index < -0.39 is 48.6 Å². The van der Waals surface area contributed by atoms with E-state index >= 15 is 0 Å². The molecule has 0 aromatic heterocycles. The van der Waals surface area contributed by atoms with Crippen LogP contribution in [0.5, 0.6) is 0 Å². The van der Waals surface area contributed by atoms with Crippen molar-refractivity contribution in [1.29, 1.82) is 0 Å². The summed E-state index contributed by atoms with van der Waals surface area (Å²) in [5.74, 6) is -4.27. The van der Waals surface area contributed by atoms with Crippen molar-refractivity contribution < 1.29 is 28.3 Å². The summed E-state index contributed by atoms with van der Waals surface area (Å²) < 4.78 is 28.9. The van der Waals surface area contributed by atoms with Gasteiger partial charge in [0.2, 0.25) is 17.7 Å². The van der Waals surface area contributed by atoms with E-state index in [1.165, 1.54) is 4.90 Å². The van der Waals surface area contributed by atoms with Gasteiger partial charge < -0.3 is 20.6 Å². The van der Waals surface area contributed by atoms with Crippen LogP contribution in [0.25, 0.3) is 0 Å². The topological polar surface area (TPSA) is 102 Å². The lowest BCUT2D eigenvalue weighted by molar-refractivity contribution is -0.150. The number of nitrogens with one attached hydrogen (secondary N) is 2. The van der Waals surface area contributed by atoms with Crippen LogP contribution in [0.2, 0.25) is 0 Å². The van der Waals surface area contributed by atoms with Gasteiger partial charge in [-0.15, -0.1) is 24.8 Å². The number of benzene rings is 1. The summed E-state index contributed by atoms with van der Waals surface area (Å²) in [5.41, 5.74) is 1.77. The highest BCUT2D eigenvalue weighted by Crippen LogP contribution is 2.37. The Hall–Kier alpha value is -2.01. The van der Waals surface area contributed by atoms with Crippen molar-refractivity contribution in [3.8, 4) is 0 Å². The Bertz CT molecular complexity index is 1120. The summed E-state index contributed by atoms with van der Waals surface area (Å²) in [6.45, 7) is 3.27. The van der Waals surface area contributed by atoms with Crippen molar-refractivity contribution >= 4 is 42.5 Å². The second-order valence-electron chi connectivity index (χ2n) is 12.3. The van der Waals surface area contributed by atoms with Gasteiger partial charge in [-0.1, -0.05) is 57.4 Å². The molecule has 1 aromatic rings. The Kier molecular flexibility index (Phi) is 11.6. The van der Waals surface area contributed by atoms with Gasteiger partial charge in [0.15, 0.2) is 0 Å². The number of carbonyl (C=O) groups is 3. The number of rotatable bonds is 7. The van der Waals surface area contributed by atoms with Crippen LogP contribution in [0.4, 0.5) is 8.78 Å². The lowest BCUT2D eigenvalue weighted by Gasteiger charge is -2.45. The summed E-state index contributed by atoms with van der Waals surface area (Å²) in [5, 5.41) is 16.7. The van der Waals surface area contributed by atoms with Crippen LogP contribution in [0.15, 0.2) is 24.3 Å². The number of piperazine rings is 1. The number of aliphatic hydroxyl groups is 1. The number of nitrogens with zero attached hydrogens (tertiary/aromatic N) is 2. The molecule has 0 unspecified atom stereocenters. The quantitative estimate of drug-likeness (QED) is 0.426. The maximum absolute atomic E-state index is 14.5. The first-order valence-electron chi connectivity index (χ1n) is 14.9. The summed E-state index contributed by atoms with van der Waals surface area (Å²) in [7, 11) is 0. The first-order valence-corrected chi connectivity index (χ1v) is 14.9. The van der Waals surface area contributed by atoms with E-state index in [0.29, 0.717) is 12.8 Å². The number of carbonyl (C=O) groups excluding carboxylic acids is 3. The number of amides is 3. The maximum Gasteiger partial charge on any atom is 0.262 e. The van der Waals surface area contributed by atoms with Crippen LogP contribution >= 0.6 is 24.8 Å². The van der Waals surface area contributed by atoms with Crippen LogP contribution < -0.4 is 10.6 Å². The Morgan fingerprint density at radius 3 is 2.48 bits per heavy atom. The van der Waals surface area contributed by atoms with Gasteiger partial charge in [-0.05, 0) is 36.3 Å². The standard InChI is InChI=1S/C30H42F2N4O4.2ClH/c1-3-18(2)27(38)33-25(19-9-5-4-6-10-19)29(40)36-15-21-14-30(31,32)17-35(21)16-23(36)28(39)34-26-22-12-8-7-11-20(22)13-24(26)37;;/h7-8,11-12,18-19,21,23-26,37H,3-6,9-10,13-17H2,1-2H3,(H,33,38)(H,34,39);2*1H/t18-,21-,23+,24+,25+,26+;;/m1../s1. The largest absolute Gasteiger partial charge is 0.390 e. The van der Waals surface area contributed by atoms with Crippen molar-refractivity contribution in [2.45, 2.75) is 101 Å². The third-order valence-electron chi connectivity index (χ3n) is 9.51. The second kappa shape index (κ2) is 14.2. The SMILES string of the molecule is CC[C@@H](C)C(=O)N[C@H](C(=O)N1C[C@H]2CC(F)(F)CN2C[C@H]1C(=O)N[C@H]1c2ccccc2C[C@@H]1O)C1CCCCC1.Cl.Cl. The van der Waals surface area contributed by atoms with Crippen molar-refractivity contribution in [2.24, 2.45) is 11.8 Å². The van der Waals surface area contributed by atoms with Gasteiger partial charge in [-0.3, -0.25) is 19.3 Å². The van der Waals surface area contributed by atoms with Gasteiger partial charge in [0.1, 0.15) is 12.1 Å². The van der Waals surface area contributed by atoms with E-state index in [1.54, 1.807) is 4.90 Å². The predicted octanol–water partition coefficient (Wildman–Crippen LogP) is 3.64. The molecule has 3 amide bonds. The van der Waals surface area contributed by atoms with Gasteiger partial charge in [-0.2, -0.15) is 0 Å². The molecule has 0 radical (unpaired) electrons. The average Bonchev–Trinajstić information content (AvgIpc) is 3.43. The molecule has 5 rings (SSSR count). The van der Waals surface area contributed by atoms with E-state index in [2.05, 4.69) is 10.6 Å². The molecule has 0 bridgehead atoms. The zero-order chi connectivity index (χ0) is 28.6. The molecular formula is C30H44Cl2F2N4O4. The predicted molar refractivity (Wildman–Crippen MR) is 160 cm³/mol. The molecular weight excluding hydrogens is 589 g/mol. The lowest BCUT2D eigenvalue weighted by Crippen LogP contribution is -2.66. The first-order chi connectivity index (χ1) is 19.1. The van der Waals surface area contributed by atoms with E-state index in [4.69, 9.17) is 0 Å². The Morgan fingerprint density at radius 1 is 1.10 bits per heavy atom. The molecule has 3 fully saturated rings. The fourth-order valence-corrected chi connectivity index (χ4v) is 7.01. The molecule has 0 spiro atoms. The number of aliphatic hydroxyl groups excluding tert-OH is 1. The van der Waals surface area contributed by atoms with Gasteiger partial charge in [0.25, 0.3) is 5.92 Å². The number of halogens is 4. The minimum Gasteiger partial charge on any atom is -0.390 e. The van der Waals surface area contributed by atoms with Crippen LogP contribution in [0.1, 0.15) is 76.0 Å². The molecule has 12 heteroatoms. The number of hydrogen-bond acceptors (Lipinski definition) is 5. The van der Waals surface area contributed by atoms with Crippen LogP contribution in [0, 0.1) is 11.8 Å². The smallest absolute Gasteiger partial charge is 0.262 e. The van der Waals surface area contributed by atoms with Crippen molar-refractivity contribution in [3.05, 3.63) is 35.4 Å². The monoisotopic (exact) mass is 632 g/mol. The molecule has 2 aliphatic carbocycles. The lowest BCUT2D eigenvalue weighted by atomic mass is 9.82. The Morgan fingerprint density at radius 2 is 1.79 bits per heavy atom.